The van der Waals surface area contributed by atoms with Crippen LogP contribution in [0, 0.1) is 36.4 Å². The molecule has 7 heteroatoms. The predicted molar refractivity (Wildman–Crippen MR) is 128 cm³/mol. The molecule has 2 aliphatic rings. The molecule has 0 atom stereocenters. The molecule has 0 amide bonds. The first-order valence-electron chi connectivity index (χ1n) is 11.7. The summed E-state index contributed by atoms with van der Waals surface area (Å²) in [6, 6.07) is 11.0. The first-order valence-corrected chi connectivity index (χ1v) is 11.7. The molecule has 0 N–H and O–H groups in total. The van der Waals surface area contributed by atoms with Gasteiger partial charge in [0.2, 0.25) is 0 Å². The number of pyridine rings is 1. The minimum absolute atomic E-state index is 0.0190. The molecular weight excluding hydrogens is 427 g/mol. The SMILES string of the molecule is Cc1cc2c(cn1)CC1(CCN(c3nc(C)c(-c4cccc(C#N)c4F)n4nccc34)CC1)C2. The molecule has 4 heterocycles. The van der Waals surface area contributed by atoms with Crippen molar-refractivity contribution in [3.8, 4) is 17.3 Å². The number of halogens is 1. The number of hydrogen-bond acceptors (Lipinski definition) is 5. The number of nitrogens with zero attached hydrogens (tertiary/aromatic N) is 6. The van der Waals surface area contributed by atoms with Crippen LogP contribution < -0.4 is 4.90 Å². The van der Waals surface area contributed by atoms with Gasteiger partial charge < -0.3 is 4.90 Å². The maximum atomic E-state index is 15.0. The van der Waals surface area contributed by atoms with Crippen LogP contribution in [0.25, 0.3) is 16.8 Å². The molecule has 1 saturated heterocycles. The number of rotatable bonds is 2. The van der Waals surface area contributed by atoms with Crippen LogP contribution in [0.5, 0.6) is 0 Å². The molecule has 34 heavy (non-hydrogen) atoms. The molecule has 0 unspecified atom stereocenters. The molecule has 1 aliphatic carbocycles. The molecule has 6 nitrogen and oxygen atoms in total. The van der Waals surface area contributed by atoms with Crippen molar-refractivity contribution in [3.63, 3.8) is 0 Å². The second kappa shape index (κ2) is 7.63. The summed E-state index contributed by atoms with van der Waals surface area (Å²) >= 11 is 0. The van der Waals surface area contributed by atoms with Crippen molar-refractivity contribution in [2.75, 3.05) is 18.0 Å². The fraction of sp³-hybridized carbons (Fsp3) is 0.333. The predicted octanol–water partition coefficient (Wildman–Crippen LogP) is 4.80. The summed E-state index contributed by atoms with van der Waals surface area (Å²) in [5.41, 5.74) is 6.74. The van der Waals surface area contributed by atoms with Gasteiger partial charge in [0.1, 0.15) is 17.4 Å². The van der Waals surface area contributed by atoms with E-state index in [1.165, 1.54) is 17.2 Å². The van der Waals surface area contributed by atoms with Crippen molar-refractivity contribution >= 4 is 11.3 Å². The number of aromatic nitrogens is 4. The maximum absolute atomic E-state index is 15.0. The molecular formula is C27H25FN6. The van der Waals surface area contributed by atoms with Crippen molar-refractivity contribution in [2.45, 2.75) is 39.5 Å². The smallest absolute Gasteiger partial charge is 0.155 e. The van der Waals surface area contributed by atoms with E-state index in [0.717, 1.165) is 55.8 Å². The molecule has 1 fully saturated rings. The van der Waals surface area contributed by atoms with Crippen LogP contribution >= 0.6 is 0 Å². The number of piperidine rings is 1. The first kappa shape index (κ1) is 20.8. The summed E-state index contributed by atoms with van der Waals surface area (Å²) in [4.78, 5) is 11.8. The van der Waals surface area contributed by atoms with E-state index in [-0.39, 0.29) is 5.56 Å². The van der Waals surface area contributed by atoms with Crippen molar-refractivity contribution in [3.05, 3.63) is 76.6 Å². The fourth-order valence-corrected chi connectivity index (χ4v) is 5.80. The Kier molecular flexibility index (Phi) is 4.66. The summed E-state index contributed by atoms with van der Waals surface area (Å²) in [5.74, 6) is 0.350. The van der Waals surface area contributed by atoms with Gasteiger partial charge in [-0.1, -0.05) is 6.07 Å². The number of anilines is 1. The summed E-state index contributed by atoms with van der Waals surface area (Å²) in [6.07, 6.45) is 8.22. The highest BCUT2D eigenvalue weighted by atomic mass is 19.1. The van der Waals surface area contributed by atoms with Crippen molar-refractivity contribution in [2.24, 2.45) is 5.41 Å². The molecule has 1 aromatic carbocycles. The van der Waals surface area contributed by atoms with E-state index in [2.05, 4.69) is 34.2 Å². The van der Waals surface area contributed by atoms with Crippen molar-refractivity contribution in [1.29, 1.82) is 5.26 Å². The third-order valence-electron chi connectivity index (χ3n) is 7.55. The lowest BCUT2D eigenvalue weighted by molar-refractivity contribution is 0.232. The normalized spacial score (nSPS) is 16.7. The summed E-state index contributed by atoms with van der Waals surface area (Å²) < 4.78 is 16.8. The van der Waals surface area contributed by atoms with E-state index in [9.17, 15) is 5.26 Å². The molecule has 4 aromatic rings. The van der Waals surface area contributed by atoms with Gasteiger partial charge in [0.15, 0.2) is 5.82 Å². The number of benzene rings is 1. The van der Waals surface area contributed by atoms with E-state index in [0.29, 0.717) is 22.4 Å². The average Bonchev–Trinajstić information content (AvgIpc) is 3.44. The molecule has 170 valence electrons. The molecule has 6 rings (SSSR count). The standard InChI is InChI=1S/C27H25FN6/c1-17-12-20-13-27(14-21(20)16-30-17)7-10-33(11-8-27)26-23-6-9-31-34(23)25(18(2)32-26)22-5-3-4-19(15-29)24(22)28/h3-6,9,12,16H,7-8,10-11,13-14H2,1-2H3. The van der Waals surface area contributed by atoms with E-state index in [1.54, 1.807) is 22.8 Å². The van der Waals surface area contributed by atoms with Gasteiger partial charge in [-0.3, -0.25) is 4.98 Å². The van der Waals surface area contributed by atoms with Gasteiger partial charge in [-0.25, -0.2) is 13.9 Å². The lowest BCUT2D eigenvalue weighted by atomic mass is 9.76. The van der Waals surface area contributed by atoms with Gasteiger partial charge in [-0.2, -0.15) is 10.4 Å². The van der Waals surface area contributed by atoms with Gasteiger partial charge in [-0.15, -0.1) is 0 Å². The lowest BCUT2D eigenvalue weighted by Crippen LogP contribution is -2.41. The van der Waals surface area contributed by atoms with Gasteiger partial charge in [0, 0.05) is 30.5 Å². The van der Waals surface area contributed by atoms with E-state index >= 15 is 4.39 Å². The Morgan fingerprint density at radius 2 is 1.88 bits per heavy atom. The zero-order valence-electron chi connectivity index (χ0n) is 19.3. The quantitative estimate of drug-likeness (QED) is 0.437. The van der Waals surface area contributed by atoms with Crippen LogP contribution in [0.1, 0.15) is 40.9 Å². The summed E-state index contributed by atoms with van der Waals surface area (Å²) in [6.45, 7) is 5.79. The summed E-state index contributed by atoms with van der Waals surface area (Å²) in [7, 11) is 0. The Labute approximate surface area is 197 Å². The van der Waals surface area contributed by atoms with Crippen molar-refractivity contribution in [1.82, 2.24) is 19.6 Å². The Hall–Kier alpha value is -3.79. The van der Waals surface area contributed by atoms with E-state index < -0.39 is 5.82 Å². The fourth-order valence-electron chi connectivity index (χ4n) is 5.80. The maximum Gasteiger partial charge on any atom is 0.155 e. The Morgan fingerprint density at radius 3 is 2.68 bits per heavy atom. The third kappa shape index (κ3) is 3.17. The van der Waals surface area contributed by atoms with Crippen molar-refractivity contribution < 1.29 is 4.39 Å². The summed E-state index contributed by atoms with van der Waals surface area (Å²) in [5, 5.41) is 13.8. The van der Waals surface area contributed by atoms with Crippen LogP contribution in [0.4, 0.5) is 10.2 Å². The highest BCUT2D eigenvalue weighted by Gasteiger charge is 2.40. The second-order valence-electron chi connectivity index (χ2n) is 9.71. The van der Waals surface area contributed by atoms with Crippen LogP contribution in [0.2, 0.25) is 0 Å². The number of nitriles is 1. The number of aryl methyl sites for hydroxylation is 2. The van der Waals surface area contributed by atoms with E-state index in [4.69, 9.17) is 4.98 Å². The average molecular weight is 453 g/mol. The highest BCUT2D eigenvalue weighted by Crippen LogP contribution is 2.45. The molecule has 0 saturated carbocycles. The van der Waals surface area contributed by atoms with Gasteiger partial charge >= 0.3 is 0 Å². The highest BCUT2D eigenvalue weighted by molar-refractivity contribution is 5.76. The second-order valence-corrected chi connectivity index (χ2v) is 9.71. The number of fused-ring (bicyclic) bond motifs is 2. The minimum atomic E-state index is -0.537. The third-order valence-corrected chi connectivity index (χ3v) is 7.55. The molecule has 1 spiro atoms. The van der Waals surface area contributed by atoms with E-state index in [1.807, 2.05) is 19.1 Å². The van der Waals surface area contributed by atoms with Crippen LogP contribution in [-0.2, 0) is 12.8 Å². The van der Waals surface area contributed by atoms with Crippen LogP contribution in [-0.4, -0.2) is 32.7 Å². The van der Waals surface area contributed by atoms with Gasteiger partial charge in [0.05, 0.1) is 23.1 Å². The zero-order valence-corrected chi connectivity index (χ0v) is 19.3. The molecule has 0 bridgehead atoms. The molecule has 3 aromatic heterocycles. The molecule has 1 aliphatic heterocycles. The number of hydrogen-bond donors (Lipinski definition) is 0. The Bertz CT molecular complexity index is 1470. The largest absolute Gasteiger partial charge is 0.355 e. The van der Waals surface area contributed by atoms with Gasteiger partial charge in [0.25, 0.3) is 0 Å². The van der Waals surface area contributed by atoms with Crippen LogP contribution in [0.3, 0.4) is 0 Å². The minimum Gasteiger partial charge on any atom is -0.355 e. The van der Waals surface area contributed by atoms with Crippen LogP contribution in [0.15, 0.2) is 42.7 Å². The zero-order chi connectivity index (χ0) is 23.4. The Morgan fingerprint density at radius 1 is 1.09 bits per heavy atom. The Balaban J connectivity index is 1.33. The topological polar surface area (TPSA) is 70.1 Å². The monoisotopic (exact) mass is 452 g/mol. The molecule has 0 radical (unpaired) electrons. The van der Waals surface area contributed by atoms with Gasteiger partial charge in [-0.05, 0) is 80.3 Å². The lowest BCUT2D eigenvalue weighted by Gasteiger charge is -2.40. The first-order chi connectivity index (χ1) is 16.5.